The van der Waals surface area contributed by atoms with Gasteiger partial charge in [-0.3, -0.25) is 4.79 Å². The fraction of sp³-hybridized carbons (Fsp3) is 0.231. The summed E-state index contributed by atoms with van der Waals surface area (Å²) in [7, 11) is 0. The van der Waals surface area contributed by atoms with Crippen molar-refractivity contribution in [2.45, 2.75) is 13.8 Å². The number of amides is 1. The Kier molecular flexibility index (Phi) is 6.22. The zero-order valence-corrected chi connectivity index (χ0v) is 20.0. The molecule has 172 valence electrons. The molecule has 0 unspecified atom stereocenters. The van der Waals surface area contributed by atoms with Gasteiger partial charge >= 0.3 is 0 Å². The van der Waals surface area contributed by atoms with Gasteiger partial charge in [-0.1, -0.05) is 30.3 Å². The smallest absolute Gasteiger partial charge is 0.227 e. The molecule has 1 fully saturated rings. The Morgan fingerprint density at radius 2 is 1.68 bits per heavy atom. The molecule has 1 saturated heterocycles. The van der Waals surface area contributed by atoms with Crippen molar-refractivity contribution >= 4 is 34.6 Å². The minimum atomic E-state index is 0.145. The van der Waals surface area contributed by atoms with Crippen molar-refractivity contribution in [2.75, 3.05) is 36.4 Å². The molecule has 0 atom stereocenters. The molecule has 0 spiro atoms. The van der Waals surface area contributed by atoms with E-state index in [1.165, 1.54) is 0 Å². The first kappa shape index (κ1) is 22.0. The van der Waals surface area contributed by atoms with Crippen molar-refractivity contribution in [3.8, 4) is 21.1 Å². The van der Waals surface area contributed by atoms with Crippen LogP contribution in [0.15, 0.2) is 66.9 Å². The van der Waals surface area contributed by atoms with Gasteiger partial charge in [0.15, 0.2) is 0 Å². The van der Waals surface area contributed by atoms with Crippen LogP contribution in [-0.4, -0.2) is 51.9 Å². The summed E-state index contributed by atoms with van der Waals surface area (Å²) in [6, 6.07) is 20.4. The fourth-order valence-electron chi connectivity index (χ4n) is 4.05. The van der Waals surface area contributed by atoms with E-state index in [4.69, 9.17) is 9.97 Å². The number of thiazole rings is 1. The van der Waals surface area contributed by atoms with Gasteiger partial charge < -0.3 is 15.1 Å². The molecule has 1 N–H and O–H groups in total. The lowest BCUT2D eigenvalue weighted by atomic mass is 10.2. The van der Waals surface area contributed by atoms with Crippen molar-refractivity contribution in [2.24, 2.45) is 0 Å². The monoisotopic (exact) mass is 470 g/mol. The quantitative estimate of drug-likeness (QED) is 0.443. The lowest BCUT2D eigenvalue weighted by Crippen LogP contribution is -2.48. The van der Waals surface area contributed by atoms with E-state index in [-0.39, 0.29) is 5.91 Å². The molecule has 1 aliphatic heterocycles. The summed E-state index contributed by atoms with van der Waals surface area (Å²) in [5, 5.41) is 4.30. The number of rotatable bonds is 5. The summed E-state index contributed by atoms with van der Waals surface area (Å²) >= 11 is 1.64. The normalized spacial score (nSPS) is 13.7. The molecule has 0 bridgehead atoms. The van der Waals surface area contributed by atoms with Gasteiger partial charge in [-0.2, -0.15) is 0 Å². The van der Waals surface area contributed by atoms with Crippen LogP contribution in [0.3, 0.4) is 0 Å². The number of piperazine rings is 1. The van der Waals surface area contributed by atoms with Crippen LogP contribution in [0.1, 0.15) is 12.6 Å². The number of aryl methyl sites for hydroxylation is 1. The summed E-state index contributed by atoms with van der Waals surface area (Å²) in [6.07, 6.45) is 1.77. The Hall–Kier alpha value is -3.78. The molecule has 34 heavy (non-hydrogen) atoms. The second-order valence-electron chi connectivity index (χ2n) is 8.23. The minimum Gasteiger partial charge on any atom is -0.368 e. The predicted molar refractivity (Wildman–Crippen MR) is 138 cm³/mol. The Morgan fingerprint density at radius 3 is 2.38 bits per heavy atom. The molecule has 0 radical (unpaired) electrons. The standard InChI is InChI=1S/C26H26N6OS/c1-18-24(34-25(28-18)20-6-4-3-5-7-20)23-12-13-27-26(30-23)29-21-8-10-22(11-9-21)32-16-14-31(15-17-32)19(2)33/h3-13H,14-17H2,1-2H3,(H,27,29,30). The average Bonchev–Trinajstić information content (AvgIpc) is 3.27. The zero-order valence-electron chi connectivity index (χ0n) is 19.2. The molecule has 1 amide bonds. The third-order valence-corrected chi connectivity index (χ3v) is 7.15. The van der Waals surface area contributed by atoms with E-state index in [9.17, 15) is 4.79 Å². The maximum Gasteiger partial charge on any atom is 0.227 e. The predicted octanol–water partition coefficient (Wildman–Crippen LogP) is 4.99. The van der Waals surface area contributed by atoms with Crippen molar-refractivity contribution < 1.29 is 4.79 Å². The highest BCUT2D eigenvalue weighted by Crippen LogP contribution is 2.34. The van der Waals surface area contributed by atoms with Gasteiger partial charge in [-0.25, -0.2) is 15.0 Å². The molecular formula is C26H26N6OS. The zero-order chi connectivity index (χ0) is 23.5. The van der Waals surface area contributed by atoms with Gasteiger partial charge in [0, 0.05) is 56.2 Å². The number of nitrogens with one attached hydrogen (secondary N) is 1. The number of hydrogen-bond acceptors (Lipinski definition) is 7. The molecule has 0 saturated carbocycles. The number of aromatic nitrogens is 3. The maximum atomic E-state index is 11.5. The van der Waals surface area contributed by atoms with E-state index in [2.05, 4.69) is 39.5 Å². The van der Waals surface area contributed by atoms with E-state index in [1.54, 1.807) is 24.5 Å². The molecular weight excluding hydrogens is 444 g/mol. The van der Waals surface area contributed by atoms with E-state index >= 15 is 0 Å². The Morgan fingerprint density at radius 1 is 0.941 bits per heavy atom. The van der Waals surface area contributed by atoms with Crippen LogP contribution in [0.25, 0.3) is 21.1 Å². The van der Waals surface area contributed by atoms with Gasteiger partial charge in [0.2, 0.25) is 11.9 Å². The van der Waals surface area contributed by atoms with E-state index in [1.807, 2.05) is 48.2 Å². The first-order chi connectivity index (χ1) is 16.6. The van der Waals surface area contributed by atoms with Crippen molar-refractivity contribution in [3.05, 3.63) is 72.6 Å². The van der Waals surface area contributed by atoms with Crippen LogP contribution in [0.2, 0.25) is 0 Å². The van der Waals surface area contributed by atoms with Crippen LogP contribution >= 0.6 is 11.3 Å². The van der Waals surface area contributed by atoms with E-state index in [0.29, 0.717) is 5.95 Å². The highest BCUT2D eigenvalue weighted by atomic mass is 32.1. The number of carbonyl (C=O) groups excluding carboxylic acids is 1. The van der Waals surface area contributed by atoms with Crippen LogP contribution < -0.4 is 10.2 Å². The number of nitrogens with zero attached hydrogens (tertiary/aromatic N) is 5. The maximum absolute atomic E-state index is 11.5. The van der Waals surface area contributed by atoms with Gasteiger partial charge in [0.1, 0.15) is 5.01 Å². The molecule has 3 heterocycles. The van der Waals surface area contributed by atoms with Gasteiger partial charge in [-0.15, -0.1) is 11.3 Å². The molecule has 7 nitrogen and oxygen atoms in total. The summed E-state index contributed by atoms with van der Waals surface area (Å²) in [6.45, 7) is 6.86. The first-order valence-corrected chi connectivity index (χ1v) is 12.1. The molecule has 8 heteroatoms. The van der Waals surface area contributed by atoms with Crippen molar-refractivity contribution in [1.82, 2.24) is 19.9 Å². The summed E-state index contributed by atoms with van der Waals surface area (Å²) in [4.78, 5) is 30.7. The largest absolute Gasteiger partial charge is 0.368 e. The number of anilines is 3. The Labute approximate surface area is 203 Å². The highest BCUT2D eigenvalue weighted by molar-refractivity contribution is 7.18. The fourth-order valence-corrected chi connectivity index (χ4v) is 5.09. The van der Waals surface area contributed by atoms with Crippen LogP contribution in [0.5, 0.6) is 0 Å². The number of carbonyl (C=O) groups is 1. The molecule has 5 rings (SSSR count). The topological polar surface area (TPSA) is 74.2 Å². The molecule has 1 aliphatic rings. The van der Waals surface area contributed by atoms with Crippen LogP contribution in [-0.2, 0) is 4.79 Å². The summed E-state index contributed by atoms with van der Waals surface area (Å²) in [5.74, 6) is 0.695. The van der Waals surface area contributed by atoms with E-state index < -0.39 is 0 Å². The SMILES string of the molecule is CC(=O)N1CCN(c2ccc(Nc3nccc(-c4sc(-c5ccccc5)nc4C)n3)cc2)CC1. The Bertz CT molecular complexity index is 1280. The molecule has 0 aliphatic carbocycles. The molecule has 4 aromatic rings. The van der Waals surface area contributed by atoms with Gasteiger partial charge in [0.05, 0.1) is 16.3 Å². The molecule has 2 aromatic heterocycles. The van der Waals surface area contributed by atoms with Crippen LogP contribution in [0, 0.1) is 6.92 Å². The van der Waals surface area contributed by atoms with E-state index in [0.717, 1.165) is 64.4 Å². The lowest BCUT2D eigenvalue weighted by molar-refractivity contribution is -0.129. The van der Waals surface area contributed by atoms with Gasteiger partial charge in [-0.05, 0) is 37.3 Å². The highest BCUT2D eigenvalue weighted by Gasteiger charge is 2.19. The molecule has 2 aromatic carbocycles. The van der Waals surface area contributed by atoms with Gasteiger partial charge in [0.25, 0.3) is 0 Å². The van der Waals surface area contributed by atoms with Crippen molar-refractivity contribution in [1.29, 1.82) is 0 Å². The van der Waals surface area contributed by atoms with Crippen LogP contribution in [0.4, 0.5) is 17.3 Å². The van der Waals surface area contributed by atoms with Crippen molar-refractivity contribution in [3.63, 3.8) is 0 Å². The number of benzene rings is 2. The average molecular weight is 471 g/mol. The summed E-state index contributed by atoms with van der Waals surface area (Å²) < 4.78 is 0. The Balaban J connectivity index is 1.29. The third kappa shape index (κ3) is 4.77. The third-order valence-electron chi connectivity index (χ3n) is 5.92. The lowest BCUT2D eigenvalue weighted by Gasteiger charge is -2.35. The second-order valence-corrected chi connectivity index (χ2v) is 9.23. The first-order valence-electron chi connectivity index (χ1n) is 11.3. The minimum absolute atomic E-state index is 0.145. The summed E-state index contributed by atoms with van der Waals surface area (Å²) in [5.41, 5.74) is 5.00. The number of hydrogen-bond donors (Lipinski definition) is 1. The second kappa shape index (κ2) is 9.61.